The largest absolute Gasteiger partial charge is 0.507 e. The average molecular weight is 466 g/mol. The van der Waals surface area contributed by atoms with E-state index in [9.17, 15) is 14.7 Å². The molecule has 2 aromatic carbocycles. The summed E-state index contributed by atoms with van der Waals surface area (Å²) in [5, 5.41) is 11.1. The molecule has 1 aliphatic heterocycles. The van der Waals surface area contributed by atoms with Gasteiger partial charge in [-0.3, -0.25) is 9.59 Å². The van der Waals surface area contributed by atoms with E-state index < -0.39 is 17.7 Å². The quantitative estimate of drug-likeness (QED) is 0.163. The van der Waals surface area contributed by atoms with Crippen molar-refractivity contribution >= 4 is 17.4 Å². The second-order valence-corrected chi connectivity index (χ2v) is 7.88. The number of amides is 1. The smallest absolute Gasteiger partial charge is 0.295 e. The van der Waals surface area contributed by atoms with Gasteiger partial charge in [-0.05, 0) is 54.8 Å². The summed E-state index contributed by atoms with van der Waals surface area (Å²) < 4.78 is 16.3. The van der Waals surface area contributed by atoms with Gasteiger partial charge in [-0.15, -0.1) is 0 Å². The molecule has 0 aromatic heterocycles. The van der Waals surface area contributed by atoms with Gasteiger partial charge in [-0.2, -0.15) is 0 Å². The van der Waals surface area contributed by atoms with E-state index in [-0.39, 0.29) is 11.3 Å². The van der Waals surface area contributed by atoms with Crippen LogP contribution in [0.3, 0.4) is 0 Å². The minimum Gasteiger partial charge on any atom is -0.507 e. The summed E-state index contributed by atoms with van der Waals surface area (Å²) >= 11 is 0. The number of methoxy groups -OCH3 is 1. The van der Waals surface area contributed by atoms with Gasteiger partial charge in [0.2, 0.25) is 0 Å². The van der Waals surface area contributed by atoms with Crippen molar-refractivity contribution in [3.63, 3.8) is 0 Å². The molecule has 3 rings (SSSR count). The maximum Gasteiger partial charge on any atom is 0.295 e. The van der Waals surface area contributed by atoms with Crippen LogP contribution in [0.2, 0.25) is 0 Å². The van der Waals surface area contributed by atoms with Gasteiger partial charge >= 0.3 is 0 Å². The highest BCUT2D eigenvalue weighted by molar-refractivity contribution is 6.46. The average Bonchev–Trinajstić information content (AvgIpc) is 3.11. The second kappa shape index (κ2) is 12.0. The molecule has 7 nitrogen and oxygen atoms in total. The highest BCUT2D eigenvalue weighted by Gasteiger charge is 2.45. The van der Waals surface area contributed by atoms with Crippen molar-refractivity contribution in [2.24, 2.45) is 0 Å². The van der Waals surface area contributed by atoms with E-state index in [4.69, 9.17) is 14.2 Å². The molecule has 2 aromatic rings. The Morgan fingerprint density at radius 3 is 2.29 bits per heavy atom. The van der Waals surface area contributed by atoms with Gasteiger partial charge in [-0.25, -0.2) is 0 Å². The first kappa shape index (κ1) is 25.1. The van der Waals surface area contributed by atoms with Crippen molar-refractivity contribution < 1.29 is 28.9 Å². The number of aliphatic hydroxyl groups is 1. The van der Waals surface area contributed by atoms with Crippen LogP contribution >= 0.6 is 0 Å². The van der Waals surface area contributed by atoms with E-state index in [1.807, 2.05) is 31.2 Å². The first-order valence-corrected chi connectivity index (χ1v) is 11.4. The molecule has 180 valence electrons. The van der Waals surface area contributed by atoms with Crippen molar-refractivity contribution in [2.45, 2.75) is 25.8 Å². The predicted octanol–water partition coefficient (Wildman–Crippen LogP) is 4.50. The molecular weight excluding hydrogens is 434 g/mol. The summed E-state index contributed by atoms with van der Waals surface area (Å²) in [5.41, 5.74) is 1.20. The number of ether oxygens (including phenoxy) is 3. The summed E-state index contributed by atoms with van der Waals surface area (Å²) in [5.74, 6) is -0.259. The second-order valence-electron chi connectivity index (χ2n) is 7.88. The molecule has 7 heteroatoms. The van der Waals surface area contributed by atoms with Crippen LogP contribution in [0.5, 0.6) is 11.5 Å². The number of carbonyl (C=O) groups excluding carboxylic acids is 2. The Hall–Kier alpha value is -3.58. The zero-order chi connectivity index (χ0) is 24.5. The van der Waals surface area contributed by atoms with Gasteiger partial charge in [-0.1, -0.05) is 31.7 Å². The first-order valence-electron chi connectivity index (χ1n) is 11.4. The predicted molar refractivity (Wildman–Crippen MR) is 130 cm³/mol. The summed E-state index contributed by atoms with van der Waals surface area (Å²) in [7, 11) is 1.59. The van der Waals surface area contributed by atoms with Crippen LogP contribution in [0.25, 0.3) is 5.76 Å². The lowest BCUT2D eigenvalue weighted by atomic mass is 9.95. The number of Topliss-reactive ketones (excluding diaryl/α,β-unsaturated/α-hetero) is 1. The maximum atomic E-state index is 13.1. The van der Waals surface area contributed by atoms with Gasteiger partial charge in [0, 0.05) is 25.8 Å². The SMILES string of the molecule is C=CCOc1ccc(C(O)=C2C(=O)C(=O)N(CCCOC)[C@@H]2c2ccc(OCCC)cc2)cc1. The molecule has 1 fully saturated rings. The lowest BCUT2D eigenvalue weighted by molar-refractivity contribution is -0.140. The van der Waals surface area contributed by atoms with Gasteiger partial charge in [0.25, 0.3) is 11.7 Å². The van der Waals surface area contributed by atoms with E-state index in [0.717, 1.165) is 6.42 Å². The number of carbonyl (C=O) groups is 2. The fourth-order valence-corrected chi connectivity index (χ4v) is 3.82. The molecule has 0 saturated carbocycles. The number of nitrogens with zero attached hydrogens (tertiary/aromatic N) is 1. The van der Waals surface area contributed by atoms with E-state index in [0.29, 0.717) is 55.4 Å². The number of aliphatic hydroxyl groups excluding tert-OH is 1. The number of hydrogen-bond acceptors (Lipinski definition) is 6. The fraction of sp³-hybridized carbons (Fsp3) is 0.333. The molecule has 1 N–H and O–H groups in total. The third-order valence-corrected chi connectivity index (χ3v) is 5.45. The van der Waals surface area contributed by atoms with E-state index >= 15 is 0 Å². The van der Waals surface area contributed by atoms with Gasteiger partial charge in [0.15, 0.2) is 0 Å². The molecule has 0 bridgehead atoms. The van der Waals surface area contributed by atoms with Crippen molar-refractivity contribution in [2.75, 3.05) is 33.5 Å². The molecule has 0 aliphatic carbocycles. The Bertz CT molecular complexity index is 1030. The molecule has 0 spiro atoms. The molecule has 1 amide bonds. The number of ketones is 1. The Kier molecular flexibility index (Phi) is 8.87. The van der Waals surface area contributed by atoms with Crippen molar-refractivity contribution in [1.29, 1.82) is 0 Å². The van der Waals surface area contributed by atoms with Crippen LogP contribution in [-0.4, -0.2) is 55.2 Å². The minimum atomic E-state index is -0.714. The van der Waals surface area contributed by atoms with Crippen LogP contribution in [0.1, 0.15) is 36.9 Å². The van der Waals surface area contributed by atoms with Crippen molar-refractivity contribution in [1.82, 2.24) is 4.90 Å². The van der Waals surface area contributed by atoms with Crippen LogP contribution in [0.4, 0.5) is 0 Å². The summed E-state index contributed by atoms with van der Waals surface area (Å²) in [6.45, 7) is 7.37. The molecular formula is C27H31NO6. The minimum absolute atomic E-state index is 0.0596. The zero-order valence-corrected chi connectivity index (χ0v) is 19.7. The summed E-state index contributed by atoms with van der Waals surface area (Å²) in [6, 6.07) is 13.3. The van der Waals surface area contributed by atoms with Gasteiger partial charge in [0.1, 0.15) is 23.9 Å². The molecule has 0 unspecified atom stereocenters. The monoisotopic (exact) mass is 465 g/mol. The van der Waals surface area contributed by atoms with Gasteiger partial charge < -0.3 is 24.2 Å². The van der Waals surface area contributed by atoms with Crippen LogP contribution in [0, 0.1) is 0 Å². The number of likely N-dealkylation sites (tertiary alicyclic amines) is 1. The fourth-order valence-electron chi connectivity index (χ4n) is 3.82. The lowest BCUT2D eigenvalue weighted by Crippen LogP contribution is -2.31. The van der Waals surface area contributed by atoms with E-state index in [1.54, 1.807) is 37.5 Å². The molecule has 1 saturated heterocycles. The summed E-state index contributed by atoms with van der Waals surface area (Å²) in [4.78, 5) is 27.5. The normalized spacial score (nSPS) is 17.1. The third kappa shape index (κ3) is 5.66. The van der Waals surface area contributed by atoms with Crippen LogP contribution in [0.15, 0.2) is 66.8 Å². The van der Waals surface area contributed by atoms with E-state index in [2.05, 4.69) is 6.58 Å². The lowest BCUT2D eigenvalue weighted by Gasteiger charge is -2.25. The molecule has 1 heterocycles. The first-order chi connectivity index (χ1) is 16.5. The number of hydrogen-bond donors (Lipinski definition) is 1. The molecule has 34 heavy (non-hydrogen) atoms. The van der Waals surface area contributed by atoms with Gasteiger partial charge in [0.05, 0.1) is 18.2 Å². The highest BCUT2D eigenvalue weighted by Crippen LogP contribution is 2.40. The van der Waals surface area contributed by atoms with Crippen molar-refractivity contribution in [3.05, 3.63) is 77.9 Å². The highest BCUT2D eigenvalue weighted by atomic mass is 16.5. The zero-order valence-electron chi connectivity index (χ0n) is 19.7. The molecule has 0 radical (unpaired) electrons. The third-order valence-electron chi connectivity index (χ3n) is 5.45. The Labute approximate surface area is 200 Å². The van der Waals surface area contributed by atoms with E-state index in [1.165, 1.54) is 4.90 Å². The Morgan fingerprint density at radius 1 is 1.03 bits per heavy atom. The Balaban J connectivity index is 2.00. The molecule has 1 aliphatic rings. The topological polar surface area (TPSA) is 85.3 Å². The van der Waals surface area contributed by atoms with Crippen LogP contribution < -0.4 is 9.47 Å². The Morgan fingerprint density at radius 2 is 1.68 bits per heavy atom. The molecule has 1 atom stereocenters. The van der Waals surface area contributed by atoms with Crippen LogP contribution in [-0.2, 0) is 14.3 Å². The number of benzene rings is 2. The standard InChI is InChI=1S/C27H31NO6/c1-4-16-33-21-11-7-19(8-12-21)24-23(26(30)27(31)28(24)15-6-18-32-3)25(29)20-9-13-22(14-10-20)34-17-5-2/h5,7-14,24,29H,2,4,6,15-18H2,1,3H3/t24-/m1/s1. The van der Waals surface area contributed by atoms with Crippen molar-refractivity contribution in [3.8, 4) is 11.5 Å². The maximum absolute atomic E-state index is 13.1. The number of rotatable bonds is 12. The summed E-state index contributed by atoms with van der Waals surface area (Å²) in [6.07, 6.45) is 3.09.